The number of halogens is 1. The Kier molecular flexibility index (Phi) is 6.24. The fourth-order valence-corrected chi connectivity index (χ4v) is 0.793. The Balaban J connectivity index is 3.63. The van der Waals surface area contributed by atoms with Crippen molar-refractivity contribution in [1.82, 2.24) is 0 Å². The highest BCUT2D eigenvalue weighted by atomic mass is 35.5. The van der Waals surface area contributed by atoms with Crippen molar-refractivity contribution in [2.75, 3.05) is 6.61 Å². The number of allylic oxidation sites excluding steroid dienone is 1. The third-order valence-corrected chi connectivity index (χ3v) is 1.62. The van der Waals surface area contributed by atoms with Crippen molar-refractivity contribution in [2.24, 2.45) is 0 Å². The molecule has 0 saturated carbocycles. The first-order valence-electron chi connectivity index (χ1n) is 3.99. The number of ether oxygens (including phenoxy) is 1. The van der Waals surface area contributed by atoms with Gasteiger partial charge in [0.1, 0.15) is 6.61 Å². The van der Waals surface area contributed by atoms with Crippen LogP contribution in [0.2, 0.25) is 0 Å². The smallest absolute Gasteiger partial charge is 0.302 e. The quantitative estimate of drug-likeness (QED) is 0.391. The van der Waals surface area contributed by atoms with E-state index in [9.17, 15) is 9.59 Å². The molecule has 0 aromatic carbocycles. The van der Waals surface area contributed by atoms with Crippen molar-refractivity contribution in [3.05, 3.63) is 11.6 Å². The molecule has 0 spiro atoms. The van der Waals surface area contributed by atoms with E-state index < -0.39 is 0 Å². The second-order valence-electron chi connectivity index (χ2n) is 2.71. The molecule has 0 aromatic rings. The van der Waals surface area contributed by atoms with E-state index in [1.807, 2.05) is 6.92 Å². The topological polar surface area (TPSA) is 43.4 Å². The average molecular weight is 205 g/mol. The minimum atomic E-state index is -0.347. The van der Waals surface area contributed by atoms with Crippen molar-refractivity contribution < 1.29 is 14.3 Å². The van der Waals surface area contributed by atoms with Gasteiger partial charge in [0.05, 0.1) is 0 Å². The van der Waals surface area contributed by atoms with Crippen LogP contribution in [-0.4, -0.2) is 17.8 Å². The third kappa shape index (κ3) is 9.08. The maximum absolute atomic E-state index is 10.4. The molecular formula is C9H13ClO3. The number of hydrogen-bond donors (Lipinski definition) is 0. The summed E-state index contributed by atoms with van der Waals surface area (Å²) in [6.45, 7) is 3.48. The fraction of sp³-hybridized carbons (Fsp3) is 0.556. The molecule has 0 amide bonds. The zero-order valence-electron chi connectivity index (χ0n) is 7.80. The van der Waals surface area contributed by atoms with Crippen LogP contribution in [-0.2, 0) is 14.3 Å². The lowest BCUT2D eigenvalue weighted by Crippen LogP contribution is -1.98. The van der Waals surface area contributed by atoms with Crippen LogP contribution in [0.25, 0.3) is 0 Å². The Morgan fingerprint density at radius 1 is 1.31 bits per heavy atom. The van der Waals surface area contributed by atoms with E-state index in [-0.39, 0.29) is 17.8 Å². The lowest BCUT2D eigenvalue weighted by Gasteiger charge is -1.99. The first kappa shape index (κ1) is 12.2. The highest BCUT2D eigenvalue weighted by Crippen LogP contribution is 2.05. The highest BCUT2D eigenvalue weighted by Gasteiger charge is 1.97. The van der Waals surface area contributed by atoms with Crippen LogP contribution in [0.15, 0.2) is 11.6 Å². The van der Waals surface area contributed by atoms with Gasteiger partial charge in [-0.05, 0) is 31.0 Å². The number of carbonyl (C=O) groups excluding carboxylic acids is 2. The zero-order chi connectivity index (χ0) is 10.3. The minimum Gasteiger partial charge on any atom is -0.462 e. The van der Waals surface area contributed by atoms with Gasteiger partial charge in [-0.15, -0.1) is 0 Å². The van der Waals surface area contributed by atoms with Crippen LogP contribution in [0.4, 0.5) is 0 Å². The number of rotatable bonds is 5. The molecule has 0 fully saturated rings. The summed E-state index contributed by atoms with van der Waals surface area (Å²) in [5.41, 5.74) is 0.996. The average Bonchev–Trinajstić information content (AvgIpc) is 2.00. The summed E-state index contributed by atoms with van der Waals surface area (Å²) in [5, 5.41) is -0.347. The predicted octanol–water partition coefficient (Wildman–Crippen LogP) is 2.04. The van der Waals surface area contributed by atoms with Crippen molar-refractivity contribution in [3.63, 3.8) is 0 Å². The predicted molar refractivity (Wildman–Crippen MR) is 50.5 cm³/mol. The molecule has 13 heavy (non-hydrogen) atoms. The van der Waals surface area contributed by atoms with Gasteiger partial charge in [-0.2, -0.15) is 0 Å². The van der Waals surface area contributed by atoms with E-state index in [0.29, 0.717) is 12.8 Å². The summed E-state index contributed by atoms with van der Waals surface area (Å²) in [6, 6.07) is 0. The molecule has 74 valence electrons. The molecule has 0 aromatic heterocycles. The summed E-state index contributed by atoms with van der Waals surface area (Å²) in [4.78, 5) is 20.7. The monoisotopic (exact) mass is 204 g/mol. The summed E-state index contributed by atoms with van der Waals surface area (Å²) >= 11 is 5.15. The van der Waals surface area contributed by atoms with Gasteiger partial charge in [0.25, 0.3) is 0 Å². The largest absolute Gasteiger partial charge is 0.462 e. The van der Waals surface area contributed by atoms with E-state index in [0.717, 1.165) is 5.57 Å². The molecule has 0 aliphatic rings. The number of esters is 1. The Morgan fingerprint density at radius 3 is 2.38 bits per heavy atom. The van der Waals surface area contributed by atoms with Crippen molar-refractivity contribution >= 4 is 22.8 Å². The van der Waals surface area contributed by atoms with E-state index in [4.69, 9.17) is 11.6 Å². The van der Waals surface area contributed by atoms with Crippen LogP contribution in [0.3, 0.4) is 0 Å². The minimum absolute atomic E-state index is 0.262. The number of carbonyl (C=O) groups is 2. The van der Waals surface area contributed by atoms with Crippen molar-refractivity contribution in [3.8, 4) is 0 Å². The van der Waals surface area contributed by atoms with Gasteiger partial charge in [-0.3, -0.25) is 9.59 Å². The summed E-state index contributed by atoms with van der Waals surface area (Å²) in [5.74, 6) is -0.308. The lowest BCUT2D eigenvalue weighted by molar-refractivity contribution is -0.139. The molecule has 0 unspecified atom stereocenters. The summed E-state index contributed by atoms with van der Waals surface area (Å²) < 4.78 is 4.69. The lowest BCUT2D eigenvalue weighted by atomic mass is 10.2. The van der Waals surface area contributed by atoms with Gasteiger partial charge in [-0.1, -0.05) is 5.57 Å². The maximum Gasteiger partial charge on any atom is 0.302 e. The summed E-state index contributed by atoms with van der Waals surface area (Å²) in [7, 11) is 0. The highest BCUT2D eigenvalue weighted by molar-refractivity contribution is 6.63. The Labute approximate surface area is 82.7 Å². The van der Waals surface area contributed by atoms with Crippen LogP contribution >= 0.6 is 11.6 Å². The molecule has 0 bridgehead atoms. The molecular weight excluding hydrogens is 192 g/mol. The van der Waals surface area contributed by atoms with Crippen LogP contribution in [0.1, 0.15) is 26.7 Å². The van der Waals surface area contributed by atoms with Gasteiger partial charge in [0.2, 0.25) is 5.24 Å². The van der Waals surface area contributed by atoms with Crippen LogP contribution in [0, 0.1) is 0 Å². The third-order valence-electron chi connectivity index (χ3n) is 1.43. The Morgan fingerprint density at radius 2 is 1.92 bits per heavy atom. The van der Waals surface area contributed by atoms with Crippen LogP contribution in [0.5, 0.6) is 0 Å². The first-order chi connectivity index (χ1) is 6.02. The molecule has 4 heteroatoms. The molecule has 0 rings (SSSR count). The van der Waals surface area contributed by atoms with E-state index in [1.165, 1.54) is 6.92 Å². The molecule has 0 aliphatic carbocycles. The normalized spacial score (nSPS) is 11.2. The molecule has 0 saturated heterocycles. The second-order valence-corrected chi connectivity index (χ2v) is 3.13. The van der Waals surface area contributed by atoms with E-state index >= 15 is 0 Å². The van der Waals surface area contributed by atoms with Crippen LogP contribution < -0.4 is 0 Å². The zero-order valence-corrected chi connectivity index (χ0v) is 8.56. The first-order valence-corrected chi connectivity index (χ1v) is 4.37. The van der Waals surface area contributed by atoms with Gasteiger partial charge < -0.3 is 4.74 Å². The van der Waals surface area contributed by atoms with E-state index in [1.54, 1.807) is 6.08 Å². The standard InChI is InChI=1S/C9H13ClO3/c1-7(3-4-9(10)12)5-6-13-8(2)11/h5H,3-4,6H2,1-2H3/b7-5+. The van der Waals surface area contributed by atoms with Gasteiger partial charge >= 0.3 is 5.97 Å². The maximum atomic E-state index is 10.4. The molecule has 0 radical (unpaired) electrons. The molecule has 0 N–H and O–H groups in total. The van der Waals surface area contributed by atoms with Crippen molar-refractivity contribution in [2.45, 2.75) is 26.7 Å². The second kappa shape index (κ2) is 6.66. The van der Waals surface area contributed by atoms with Gasteiger partial charge in [-0.25, -0.2) is 0 Å². The molecule has 3 nitrogen and oxygen atoms in total. The Bertz CT molecular complexity index is 221. The van der Waals surface area contributed by atoms with Gasteiger partial charge in [0, 0.05) is 13.3 Å². The van der Waals surface area contributed by atoms with Crippen molar-refractivity contribution in [1.29, 1.82) is 0 Å². The summed E-state index contributed by atoms with van der Waals surface area (Å²) in [6.07, 6.45) is 2.70. The SMILES string of the molecule is CC(=O)OC/C=C(\C)CCC(=O)Cl. The van der Waals surface area contributed by atoms with Gasteiger partial charge in [0.15, 0.2) is 0 Å². The fourth-order valence-electron chi connectivity index (χ4n) is 0.699. The van der Waals surface area contributed by atoms with E-state index in [2.05, 4.69) is 4.74 Å². The molecule has 0 heterocycles. The number of hydrogen-bond acceptors (Lipinski definition) is 3. The Hall–Kier alpha value is -0.830. The molecule has 0 aliphatic heterocycles. The molecule has 0 atom stereocenters.